The number of benzene rings is 2. The van der Waals surface area contributed by atoms with E-state index in [9.17, 15) is 14.7 Å². The van der Waals surface area contributed by atoms with E-state index in [0.717, 1.165) is 18.9 Å². The molecule has 2 saturated heterocycles. The summed E-state index contributed by atoms with van der Waals surface area (Å²) in [5, 5.41) is 14.3. The Kier molecular flexibility index (Phi) is 7.31. The Hall–Kier alpha value is -2.83. The van der Waals surface area contributed by atoms with E-state index in [-0.39, 0.29) is 29.8 Å². The number of rotatable bonds is 7. The number of carbonyl (C=O) groups is 1. The van der Waals surface area contributed by atoms with Gasteiger partial charge in [-0.1, -0.05) is 42.5 Å². The molecule has 7 rings (SSSR count). The van der Waals surface area contributed by atoms with Crippen LogP contribution < -0.4 is 10.9 Å². The van der Waals surface area contributed by atoms with Gasteiger partial charge in [-0.05, 0) is 81.4 Å². The first-order valence-corrected chi connectivity index (χ1v) is 13.8. The number of aromatic nitrogens is 1. The maximum Gasteiger partial charge on any atom is 0.267 e. The number of piperidine rings is 2. The number of carbonyl (C=O) groups excluding carboxylic acids is 1. The van der Waals surface area contributed by atoms with Gasteiger partial charge in [0.2, 0.25) is 0 Å². The molecule has 1 amide bonds. The number of halogens is 1. The zero-order valence-electron chi connectivity index (χ0n) is 22.2. The molecule has 2 unspecified atom stereocenters. The van der Waals surface area contributed by atoms with Crippen LogP contribution in [0.15, 0.2) is 59.4 Å². The fraction of sp³-hybridized carbons (Fsp3) is 0.484. The molecule has 2 saturated carbocycles. The lowest BCUT2D eigenvalue weighted by molar-refractivity contribution is -0.0750. The van der Waals surface area contributed by atoms with Gasteiger partial charge in [0.1, 0.15) is 11.3 Å². The zero-order chi connectivity index (χ0) is 25.7. The van der Waals surface area contributed by atoms with Crippen LogP contribution in [0.3, 0.4) is 0 Å². The molecule has 2 aliphatic heterocycles. The van der Waals surface area contributed by atoms with Crippen LogP contribution in [0.2, 0.25) is 0 Å². The first kappa shape index (κ1) is 26.8. The van der Waals surface area contributed by atoms with Crippen LogP contribution in [0, 0.1) is 5.92 Å². The number of hydrogen-bond donors (Lipinski definition) is 2. The molecular formula is C31H38ClN3O3. The van der Waals surface area contributed by atoms with Crippen molar-refractivity contribution < 1.29 is 9.90 Å². The second kappa shape index (κ2) is 10.4. The summed E-state index contributed by atoms with van der Waals surface area (Å²) in [6.07, 6.45) is 7.20. The standard InChI is InChI=1S/C31H37N3O3.ClH/c1-20(2)34-26-12-7-6-11-25(26)28(35)27(30(34)37)29(36)32-13-8-14-33-23-15-21-16-24(33)19-31(17-21,18-23)22-9-4-3-5-10-22;/h3-7,9-12,20-21,23-24,35H,8,13-19H2,1-2H3,(H,32,36);1H. The van der Waals surface area contributed by atoms with Gasteiger partial charge < -0.3 is 15.0 Å². The summed E-state index contributed by atoms with van der Waals surface area (Å²) in [6.45, 7) is 5.25. The molecule has 4 bridgehead atoms. The summed E-state index contributed by atoms with van der Waals surface area (Å²) < 4.78 is 1.59. The molecule has 0 radical (unpaired) electrons. The van der Waals surface area contributed by atoms with Gasteiger partial charge in [-0.15, -0.1) is 12.4 Å². The minimum atomic E-state index is -0.495. The second-order valence-corrected chi connectivity index (χ2v) is 11.8. The Labute approximate surface area is 230 Å². The molecule has 3 aromatic rings. The van der Waals surface area contributed by atoms with Crippen molar-refractivity contribution in [3.63, 3.8) is 0 Å². The third kappa shape index (κ3) is 4.42. The van der Waals surface area contributed by atoms with Crippen molar-refractivity contribution in [3.05, 3.63) is 76.1 Å². The van der Waals surface area contributed by atoms with Crippen molar-refractivity contribution in [2.45, 2.75) is 75.9 Å². The third-order valence-electron chi connectivity index (χ3n) is 9.18. The second-order valence-electron chi connectivity index (χ2n) is 11.8. The molecule has 6 nitrogen and oxygen atoms in total. The van der Waals surface area contributed by atoms with Crippen LogP contribution in [-0.4, -0.2) is 45.7 Å². The van der Waals surface area contributed by atoms with Crippen LogP contribution in [0.5, 0.6) is 5.75 Å². The summed E-state index contributed by atoms with van der Waals surface area (Å²) in [4.78, 5) is 29.0. The number of amides is 1. The van der Waals surface area contributed by atoms with E-state index in [1.807, 2.05) is 19.9 Å². The van der Waals surface area contributed by atoms with E-state index in [2.05, 4.69) is 40.5 Å². The molecule has 2 N–H and O–H groups in total. The van der Waals surface area contributed by atoms with E-state index in [1.54, 1.807) is 22.8 Å². The van der Waals surface area contributed by atoms with Crippen molar-refractivity contribution in [3.8, 4) is 5.75 Å². The largest absolute Gasteiger partial charge is 0.506 e. The van der Waals surface area contributed by atoms with Crippen molar-refractivity contribution >= 4 is 29.2 Å². The number of fused-ring (bicyclic) bond motifs is 1. The first-order valence-electron chi connectivity index (χ1n) is 13.8. The SMILES string of the molecule is CC(C)n1c(=O)c(C(=O)NCCCN2C3CC4CC2CC(c2ccccc2)(C4)C3)c(O)c2ccccc21.Cl. The molecule has 38 heavy (non-hydrogen) atoms. The molecule has 4 fully saturated rings. The Morgan fingerprint density at radius 2 is 1.68 bits per heavy atom. The zero-order valence-corrected chi connectivity index (χ0v) is 23.0. The highest BCUT2D eigenvalue weighted by Gasteiger charge is 2.54. The third-order valence-corrected chi connectivity index (χ3v) is 9.18. The van der Waals surface area contributed by atoms with Crippen LogP contribution in [0.25, 0.3) is 10.9 Å². The van der Waals surface area contributed by atoms with Crippen molar-refractivity contribution in [1.29, 1.82) is 0 Å². The fourth-order valence-corrected chi connectivity index (χ4v) is 7.84. The summed E-state index contributed by atoms with van der Waals surface area (Å²) in [7, 11) is 0. The molecule has 2 aliphatic carbocycles. The van der Waals surface area contributed by atoms with Crippen molar-refractivity contribution in [1.82, 2.24) is 14.8 Å². The van der Waals surface area contributed by atoms with E-state index in [0.29, 0.717) is 34.9 Å². The Morgan fingerprint density at radius 1 is 1.03 bits per heavy atom. The maximum atomic E-state index is 13.2. The lowest BCUT2D eigenvalue weighted by Gasteiger charge is -2.62. The molecule has 3 heterocycles. The van der Waals surface area contributed by atoms with Gasteiger partial charge in [0, 0.05) is 36.6 Å². The molecule has 4 aliphatic rings. The number of aromatic hydroxyl groups is 1. The topological polar surface area (TPSA) is 74.6 Å². The van der Waals surface area contributed by atoms with Gasteiger partial charge in [-0.2, -0.15) is 0 Å². The summed E-state index contributed by atoms with van der Waals surface area (Å²) in [5.74, 6) is 0.101. The molecule has 7 heteroatoms. The van der Waals surface area contributed by atoms with Crippen molar-refractivity contribution in [2.75, 3.05) is 13.1 Å². The van der Waals surface area contributed by atoms with Gasteiger partial charge in [-0.25, -0.2) is 0 Å². The Bertz CT molecular complexity index is 1370. The lowest BCUT2D eigenvalue weighted by atomic mass is 9.53. The maximum absolute atomic E-state index is 13.2. The normalized spacial score (nSPS) is 26.0. The van der Waals surface area contributed by atoms with Crippen LogP contribution >= 0.6 is 12.4 Å². The van der Waals surface area contributed by atoms with Crippen LogP contribution in [0.1, 0.15) is 74.3 Å². The molecule has 2 atom stereocenters. The predicted molar refractivity (Wildman–Crippen MR) is 153 cm³/mol. The minimum Gasteiger partial charge on any atom is -0.506 e. The summed E-state index contributed by atoms with van der Waals surface area (Å²) in [5.41, 5.74) is 1.89. The highest BCUT2D eigenvalue weighted by molar-refractivity contribution is 6.02. The molecule has 202 valence electrons. The monoisotopic (exact) mass is 535 g/mol. The first-order chi connectivity index (χ1) is 17.9. The lowest BCUT2D eigenvalue weighted by Crippen LogP contribution is -2.63. The molecule has 1 aromatic heterocycles. The van der Waals surface area contributed by atoms with E-state index >= 15 is 0 Å². The minimum absolute atomic E-state index is 0. The van der Waals surface area contributed by atoms with Gasteiger partial charge >= 0.3 is 0 Å². The molecular weight excluding hydrogens is 498 g/mol. The quantitative estimate of drug-likeness (QED) is 0.396. The highest BCUT2D eigenvalue weighted by atomic mass is 35.5. The van der Waals surface area contributed by atoms with Gasteiger partial charge in [0.15, 0.2) is 0 Å². The fourth-order valence-electron chi connectivity index (χ4n) is 7.84. The van der Waals surface area contributed by atoms with E-state index in [1.165, 1.54) is 37.7 Å². The van der Waals surface area contributed by atoms with Gasteiger partial charge in [0.05, 0.1) is 5.52 Å². The van der Waals surface area contributed by atoms with E-state index in [4.69, 9.17) is 0 Å². The number of nitrogens with zero attached hydrogens (tertiary/aromatic N) is 2. The van der Waals surface area contributed by atoms with E-state index < -0.39 is 11.5 Å². The number of hydrogen-bond acceptors (Lipinski definition) is 4. The number of pyridine rings is 1. The number of para-hydroxylation sites is 1. The molecule has 2 aromatic carbocycles. The Balaban J connectivity index is 0.00000294. The average molecular weight is 536 g/mol. The molecule has 0 spiro atoms. The Morgan fingerprint density at radius 3 is 2.37 bits per heavy atom. The number of nitrogens with one attached hydrogen (secondary N) is 1. The highest BCUT2D eigenvalue weighted by Crippen LogP contribution is 2.57. The predicted octanol–water partition coefficient (Wildman–Crippen LogP) is 5.41. The van der Waals surface area contributed by atoms with Gasteiger partial charge in [-0.3, -0.25) is 14.5 Å². The summed E-state index contributed by atoms with van der Waals surface area (Å²) in [6, 6.07) is 19.4. The van der Waals surface area contributed by atoms with Gasteiger partial charge in [0.25, 0.3) is 11.5 Å². The average Bonchev–Trinajstić information content (AvgIpc) is 2.88. The van der Waals surface area contributed by atoms with Crippen LogP contribution in [0.4, 0.5) is 0 Å². The summed E-state index contributed by atoms with van der Waals surface area (Å²) >= 11 is 0. The van der Waals surface area contributed by atoms with Crippen molar-refractivity contribution in [2.24, 2.45) is 5.92 Å². The smallest absolute Gasteiger partial charge is 0.267 e. The van der Waals surface area contributed by atoms with Crippen LogP contribution in [-0.2, 0) is 5.41 Å².